The molecule has 1 aromatic carbocycles. The smallest absolute Gasteiger partial charge is 0.246 e. The molecule has 0 saturated carbocycles. The Morgan fingerprint density at radius 2 is 2.10 bits per heavy atom. The highest BCUT2D eigenvalue weighted by molar-refractivity contribution is 7.89. The van der Waals surface area contributed by atoms with Crippen molar-refractivity contribution in [1.82, 2.24) is 4.31 Å². The fourth-order valence-corrected chi connectivity index (χ4v) is 4.38. The van der Waals surface area contributed by atoms with Crippen molar-refractivity contribution < 1.29 is 12.8 Å². The van der Waals surface area contributed by atoms with Crippen molar-refractivity contribution >= 4 is 38.6 Å². The van der Waals surface area contributed by atoms with E-state index in [1.165, 1.54) is 24.5 Å². The fraction of sp³-hybridized carbons (Fsp3) is 0.231. The molecule has 0 spiro atoms. The van der Waals surface area contributed by atoms with Crippen LogP contribution in [0.1, 0.15) is 10.4 Å². The molecule has 114 valence electrons. The Labute approximate surface area is 132 Å². The molecule has 2 rings (SSSR count). The maximum atomic E-state index is 14.0. The monoisotopic (exact) mass is 348 g/mol. The third-order valence-corrected chi connectivity index (χ3v) is 6.08. The summed E-state index contributed by atoms with van der Waals surface area (Å²) >= 11 is 7.22. The maximum absolute atomic E-state index is 14.0. The number of benzene rings is 1. The number of aryl methyl sites for hydroxylation is 1. The van der Waals surface area contributed by atoms with Crippen LogP contribution in [0.5, 0.6) is 0 Å². The number of halogens is 2. The third-order valence-electron chi connectivity index (χ3n) is 3.05. The van der Waals surface area contributed by atoms with E-state index in [1.54, 1.807) is 0 Å². The summed E-state index contributed by atoms with van der Waals surface area (Å²) in [6.45, 7) is 2.06. The molecule has 0 atom stereocenters. The molecule has 1 heterocycles. The first-order chi connectivity index (χ1) is 9.73. The van der Waals surface area contributed by atoms with Gasteiger partial charge in [0.05, 0.1) is 5.69 Å². The Morgan fingerprint density at radius 1 is 1.43 bits per heavy atom. The highest BCUT2D eigenvalue weighted by atomic mass is 35.5. The molecule has 0 aliphatic rings. The third kappa shape index (κ3) is 3.21. The quantitative estimate of drug-likeness (QED) is 0.862. The van der Waals surface area contributed by atoms with E-state index in [0.717, 1.165) is 20.8 Å². The van der Waals surface area contributed by atoms with E-state index < -0.39 is 20.7 Å². The average Bonchev–Trinajstić information content (AvgIpc) is 2.79. The summed E-state index contributed by atoms with van der Waals surface area (Å²) in [6, 6.07) is 4.15. The summed E-state index contributed by atoms with van der Waals surface area (Å²) in [5.74, 6) is -0.978. The van der Waals surface area contributed by atoms with Crippen molar-refractivity contribution in [3.8, 4) is 0 Å². The second kappa shape index (κ2) is 5.92. The van der Waals surface area contributed by atoms with Gasteiger partial charge in [0, 0.05) is 23.5 Å². The number of hydrogen-bond donors (Lipinski definition) is 1. The lowest BCUT2D eigenvalue weighted by molar-refractivity contribution is 0.462. The standard InChI is InChI=1S/C13H14ClFN2O2S2/c1-8-3-4-20-11(8)7-17(2)21(18,19)12-6-9(14)5-10(16)13(12)15/h3-6H,7,16H2,1-2H3. The summed E-state index contributed by atoms with van der Waals surface area (Å²) in [7, 11) is -2.61. The first-order valence-corrected chi connectivity index (χ1v) is 8.67. The molecule has 0 amide bonds. The van der Waals surface area contributed by atoms with Crippen molar-refractivity contribution in [3.63, 3.8) is 0 Å². The van der Waals surface area contributed by atoms with Crippen LogP contribution in [0.2, 0.25) is 5.02 Å². The van der Waals surface area contributed by atoms with Gasteiger partial charge >= 0.3 is 0 Å². The van der Waals surface area contributed by atoms with Crippen molar-refractivity contribution in [2.24, 2.45) is 0 Å². The summed E-state index contributed by atoms with van der Waals surface area (Å²) in [5.41, 5.74) is 6.14. The van der Waals surface area contributed by atoms with Gasteiger partial charge in [-0.25, -0.2) is 12.8 Å². The van der Waals surface area contributed by atoms with Gasteiger partial charge in [0.1, 0.15) is 4.90 Å². The molecule has 0 saturated heterocycles. The lowest BCUT2D eigenvalue weighted by Crippen LogP contribution is -2.27. The molecule has 21 heavy (non-hydrogen) atoms. The van der Waals surface area contributed by atoms with Gasteiger partial charge in [-0.15, -0.1) is 11.3 Å². The van der Waals surface area contributed by atoms with Gasteiger partial charge in [0.2, 0.25) is 10.0 Å². The number of nitrogens with zero attached hydrogens (tertiary/aromatic N) is 1. The van der Waals surface area contributed by atoms with Crippen molar-refractivity contribution in [1.29, 1.82) is 0 Å². The first-order valence-electron chi connectivity index (χ1n) is 5.97. The molecular formula is C13H14ClFN2O2S2. The van der Waals surface area contributed by atoms with E-state index in [0.29, 0.717) is 0 Å². The van der Waals surface area contributed by atoms with E-state index in [-0.39, 0.29) is 17.3 Å². The molecule has 2 N–H and O–H groups in total. The molecular weight excluding hydrogens is 335 g/mol. The molecule has 0 radical (unpaired) electrons. The van der Waals surface area contributed by atoms with Crippen LogP contribution in [0.3, 0.4) is 0 Å². The van der Waals surface area contributed by atoms with Crippen LogP contribution in [0.25, 0.3) is 0 Å². The maximum Gasteiger partial charge on any atom is 0.246 e. The predicted molar refractivity (Wildman–Crippen MR) is 83.5 cm³/mol. The summed E-state index contributed by atoms with van der Waals surface area (Å²) in [6.07, 6.45) is 0. The van der Waals surface area contributed by atoms with Crippen LogP contribution in [0.15, 0.2) is 28.5 Å². The average molecular weight is 349 g/mol. The van der Waals surface area contributed by atoms with E-state index in [2.05, 4.69) is 0 Å². The molecule has 8 heteroatoms. The van der Waals surface area contributed by atoms with Gasteiger partial charge in [-0.2, -0.15) is 4.31 Å². The van der Waals surface area contributed by atoms with Gasteiger partial charge in [-0.3, -0.25) is 0 Å². The molecule has 1 aromatic heterocycles. The van der Waals surface area contributed by atoms with Gasteiger partial charge in [-0.05, 0) is 36.1 Å². The number of anilines is 1. The minimum absolute atomic E-state index is 0.0770. The number of nitrogens with two attached hydrogens (primary N) is 1. The van der Waals surface area contributed by atoms with Gasteiger partial charge in [0.15, 0.2) is 5.82 Å². The van der Waals surface area contributed by atoms with Crippen LogP contribution < -0.4 is 5.73 Å². The minimum Gasteiger partial charge on any atom is -0.396 e. The number of rotatable bonds is 4. The molecule has 0 aliphatic heterocycles. The van der Waals surface area contributed by atoms with Gasteiger partial charge in [-0.1, -0.05) is 11.6 Å². The van der Waals surface area contributed by atoms with Crippen LogP contribution in [-0.2, 0) is 16.6 Å². The molecule has 0 unspecified atom stereocenters. The summed E-state index contributed by atoms with van der Waals surface area (Å²) in [4.78, 5) is 0.390. The number of hydrogen-bond acceptors (Lipinski definition) is 4. The molecule has 0 aliphatic carbocycles. The van der Waals surface area contributed by atoms with Crippen LogP contribution in [0.4, 0.5) is 10.1 Å². The lowest BCUT2D eigenvalue weighted by atomic mass is 10.3. The van der Waals surface area contributed by atoms with Crippen molar-refractivity contribution in [3.05, 3.63) is 44.9 Å². The Bertz CT molecular complexity index is 774. The second-order valence-corrected chi connectivity index (χ2v) is 8.05. The number of thiophene rings is 1. The van der Waals surface area contributed by atoms with Crippen LogP contribution in [-0.4, -0.2) is 19.8 Å². The second-order valence-electron chi connectivity index (χ2n) is 4.60. The Morgan fingerprint density at radius 3 is 2.67 bits per heavy atom. The first kappa shape index (κ1) is 16.2. The Kier molecular flexibility index (Phi) is 4.57. The fourth-order valence-electron chi connectivity index (χ4n) is 1.79. The zero-order valence-electron chi connectivity index (χ0n) is 11.4. The highest BCUT2D eigenvalue weighted by Gasteiger charge is 2.27. The molecule has 4 nitrogen and oxygen atoms in total. The molecule has 0 bridgehead atoms. The van der Waals surface area contributed by atoms with Crippen molar-refractivity contribution in [2.75, 3.05) is 12.8 Å². The van der Waals surface area contributed by atoms with E-state index in [4.69, 9.17) is 17.3 Å². The van der Waals surface area contributed by atoms with Crippen LogP contribution >= 0.6 is 22.9 Å². The van der Waals surface area contributed by atoms with Gasteiger partial charge in [0.25, 0.3) is 0 Å². The topological polar surface area (TPSA) is 63.4 Å². The highest BCUT2D eigenvalue weighted by Crippen LogP contribution is 2.28. The summed E-state index contributed by atoms with van der Waals surface area (Å²) < 4.78 is 40.0. The largest absolute Gasteiger partial charge is 0.396 e. The number of sulfonamides is 1. The zero-order valence-corrected chi connectivity index (χ0v) is 13.8. The Balaban J connectivity index is 2.40. The van der Waals surface area contributed by atoms with E-state index in [9.17, 15) is 12.8 Å². The SMILES string of the molecule is Cc1ccsc1CN(C)S(=O)(=O)c1cc(Cl)cc(N)c1F. The molecule has 2 aromatic rings. The van der Waals surface area contributed by atoms with Crippen molar-refractivity contribution in [2.45, 2.75) is 18.4 Å². The van der Waals surface area contributed by atoms with Crippen LogP contribution in [0, 0.1) is 12.7 Å². The zero-order chi connectivity index (χ0) is 15.8. The van der Waals surface area contributed by atoms with E-state index >= 15 is 0 Å². The predicted octanol–water partition coefficient (Wildman–Crippen LogP) is 3.25. The lowest BCUT2D eigenvalue weighted by Gasteiger charge is -2.18. The van der Waals surface area contributed by atoms with E-state index in [1.807, 2.05) is 18.4 Å². The number of nitrogen functional groups attached to an aromatic ring is 1. The summed E-state index contributed by atoms with van der Waals surface area (Å²) in [5, 5.41) is 1.96. The van der Waals surface area contributed by atoms with Gasteiger partial charge < -0.3 is 5.73 Å². The Hall–Kier alpha value is -1.15. The normalized spacial score (nSPS) is 12.0. The molecule has 0 fully saturated rings. The minimum atomic E-state index is -4.01.